The molecule has 0 aliphatic rings. The molecule has 0 saturated carbocycles. The van der Waals surface area contributed by atoms with Crippen LogP contribution in [0.5, 0.6) is 0 Å². The maximum atomic E-state index is 11.0. The zero-order valence-electron chi connectivity index (χ0n) is 6.55. The Morgan fingerprint density at radius 2 is 2.55 bits per heavy atom. The number of carbonyl (C=O) groups excluding carboxylic acids is 1. The van der Waals surface area contributed by atoms with Gasteiger partial charge in [-0.2, -0.15) is 0 Å². The van der Waals surface area contributed by atoms with Crippen molar-refractivity contribution in [3.8, 4) is 0 Å². The van der Waals surface area contributed by atoms with Crippen molar-refractivity contribution in [2.24, 2.45) is 0 Å². The third-order valence-corrected chi connectivity index (χ3v) is 1.36. The minimum absolute atomic E-state index is 0.0760. The van der Waals surface area contributed by atoms with E-state index in [1.165, 1.54) is 0 Å². The second-order valence-corrected chi connectivity index (χ2v) is 2.40. The number of aromatic nitrogens is 1. The number of anilines is 1. The first kappa shape index (κ1) is 7.85. The third-order valence-electron chi connectivity index (χ3n) is 1.36. The van der Waals surface area contributed by atoms with Crippen molar-refractivity contribution in [1.82, 2.24) is 4.98 Å². The van der Waals surface area contributed by atoms with E-state index in [0.29, 0.717) is 6.42 Å². The van der Waals surface area contributed by atoms with Gasteiger partial charge in [-0.15, -0.1) is 0 Å². The van der Waals surface area contributed by atoms with Crippen LogP contribution in [0.15, 0.2) is 18.5 Å². The summed E-state index contributed by atoms with van der Waals surface area (Å²) in [7, 11) is 0. The quantitative estimate of drug-likeness (QED) is 0.681. The molecule has 1 amide bonds. The number of hydrogen-bond donors (Lipinski definition) is 2. The Morgan fingerprint density at radius 3 is 3.09 bits per heavy atom. The number of H-pyrrole nitrogens is 1. The van der Waals surface area contributed by atoms with E-state index in [1.54, 1.807) is 12.4 Å². The number of rotatable bonds is 3. The van der Waals surface area contributed by atoms with Gasteiger partial charge in [0.1, 0.15) is 0 Å². The van der Waals surface area contributed by atoms with Crippen LogP contribution < -0.4 is 5.32 Å². The van der Waals surface area contributed by atoms with Gasteiger partial charge in [0.2, 0.25) is 5.91 Å². The molecule has 0 bridgehead atoms. The van der Waals surface area contributed by atoms with Crippen LogP contribution in [0.25, 0.3) is 0 Å². The molecular formula is C8H12N2O. The molecule has 0 aliphatic carbocycles. The highest BCUT2D eigenvalue weighted by Crippen LogP contribution is 2.04. The van der Waals surface area contributed by atoms with Gasteiger partial charge in [0.05, 0.1) is 5.69 Å². The summed E-state index contributed by atoms with van der Waals surface area (Å²) in [6.45, 7) is 1.98. The maximum Gasteiger partial charge on any atom is 0.224 e. The summed E-state index contributed by atoms with van der Waals surface area (Å²) in [5.74, 6) is 0.0760. The van der Waals surface area contributed by atoms with Gasteiger partial charge in [0, 0.05) is 18.8 Å². The SMILES string of the molecule is CCCC(=O)Nc1cc[nH]c1. The fourth-order valence-corrected chi connectivity index (χ4v) is 0.852. The molecule has 1 aromatic rings. The first-order valence-electron chi connectivity index (χ1n) is 3.75. The van der Waals surface area contributed by atoms with E-state index in [9.17, 15) is 4.79 Å². The Kier molecular flexibility index (Phi) is 2.72. The van der Waals surface area contributed by atoms with Crippen LogP contribution in [-0.2, 0) is 4.79 Å². The van der Waals surface area contributed by atoms with Gasteiger partial charge in [0.25, 0.3) is 0 Å². The van der Waals surface area contributed by atoms with Gasteiger partial charge >= 0.3 is 0 Å². The lowest BCUT2D eigenvalue weighted by atomic mass is 10.3. The molecule has 60 valence electrons. The zero-order valence-corrected chi connectivity index (χ0v) is 6.55. The lowest BCUT2D eigenvalue weighted by molar-refractivity contribution is -0.116. The summed E-state index contributed by atoms with van der Waals surface area (Å²) < 4.78 is 0. The minimum atomic E-state index is 0.0760. The van der Waals surface area contributed by atoms with E-state index in [-0.39, 0.29) is 5.91 Å². The highest BCUT2D eigenvalue weighted by Gasteiger charge is 1.98. The molecule has 1 aromatic heterocycles. The molecule has 0 spiro atoms. The standard InChI is InChI=1S/C8H12N2O/c1-2-3-8(11)10-7-4-5-9-6-7/h4-6,9H,2-3H2,1H3,(H,10,11). The minimum Gasteiger partial charge on any atom is -0.366 e. The van der Waals surface area contributed by atoms with Crippen LogP contribution in [0.3, 0.4) is 0 Å². The van der Waals surface area contributed by atoms with Crippen molar-refractivity contribution >= 4 is 11.6 Å². The van der Waals surface area contributed by atoms with Gasteiger partial charge < -0.3 is 10.3 Å². The van der Waals surface area contributed by atoms with Crippen LogP contribution >= 0.6 is 0 Å². The largest absolute Gasteiger partial charge is 0.366 e. The third kappa shape index (κ3) is 2.45. The Hall–Kier alpha value is -1.25. The number of aromatic amines is 1. The second-order valence-electron chi connectivity index (χ2n) is 2.40. The summed E-state index contributed by atoms with van der Waals surface area (Å²) in [5, 5.41) is 2.75. The molecule has 1 heterocycles. The highest BCUT2D eigenvalue weighted by molar-refractivity contribution is 5.90. The molecule has 3 heteroatoms. The van der Waals surface area contributed by atoms with E-state index in [0.717, 1.165) is 12.1 Å². The Morgan fingerprint density at radius 1 is 1.73 bits per heavy atom. The lowest BCUT2D eigenvalue weighted by Crippen LogP contribution is -2.09. The smallest absolute Gasteiger partial charge is 0.224 e. The number of carbonyl (C=O) groups is 1. The molecule has 0 atom stereocenters. The van der Waals surface area contributed by atoms with Crippen molar-refractivity contribution < 1.29 is 4.79 Å². The van der Waals surface area contributed by atoms with Crippen LogP contribution in [-0.4, -0.2) is 10.9 Å². The maximum absolute atomic E-state index is 11.0. The predicted molar refractivity (Wildman–Crippen MR) is 44.3 cm³/mol. The van der Waals surface area contributed by atoms with Crippen LogP contribution in [0.4, 0.5) is 5.69 Å². The molecule has 1 rings (SSSR count). The normalized spacial score (nSPS) is 9.55. The molecule has 2 N–H and O–H groups in total. The molecule has 0 fully saturated rings. The highest BCUT2D eigenvalue weighted by atomic mass is 16.1. The molecular weight excluding hydrogens is 140 g/mol. The Balaban J connectivity index is 2.37. The Bertz CT molecular complexity index is 216. The fraction of sp³-hybridized carbons (Fsp3) is 0.375. The van der Waals surface area contributed by atoms with E-state index in [4.69, 9.17) is 0 Å². The van der Waals surface area contributed by atoms with Gasteiger partial charge in [0.15, 0.2) is 0 Å². The topological polar surface area (TPSA) is 44.9 Å². The first-order chi connectivity index (χ1) is 5.33. The zero-order chi connectivity index (χ0) is 8.10. The van der Waals surface area contributed by atoms with Crippen LogP contribution in [0.1, 0.15) is 19.8 Å². The number of amides is 1. The molecule has 3 nitrogen and oxygen atoms in total. The second kappa shape index (κ2) is 3.81. The summed E-state index contributed by atoms with van der Waals surface area (Å²) >= 11 is 0. The molecule has 11 heavy (non-hydrogen) atoms. The number of nitrogens with one attached hydrogen (secondary N) is 2. The van der Waals surface area contributed by atoms with Gasteiger partial charge in [-0.1, -0.05) is 6.92 Å². The Labute approximate surface area is 65.8 Å². The lowest BCUT2D eigenvalue weighted by Gasteiger charge is -1.98. The van der Waals surface area contributed by atoms with E-state index in [1.807, 2.05) is 13.0 Å². The fourth-order valence-electron chi connectivity index (χ4n) is 0.852. The average molecular weight is 152 g/mol. The van der Waals surface area contributed by atoms with Crippen molar-refractivity contribution in [3.05, 3.63) is 18.5 Å². The van der Waals surface area contributed by atoms with Gasteiger partial charge in [-0.25, -0.2) is 0 Å². The van der Waals surface area contributed by atoms with Crippen molar-refractivity contribution in [2.75, 3.05) is 5.32 Å². The van der Waals surface area contributed by atoms with E-state index >= 15 is 0 Å². The summed E-state index contributed by atoms with van der Waals surface area (Å²) in [4.78, 5) is 13.8. The van der Waals surface area contributed by atoms with E-state index in [2.05, 4.69) is 10.3 Å². The number of hydrogen-bond acceptors (Lipinski definition) is 1. The summed E-state index contributed by atoms with van der Waals surface area (Å²) in [5.41, 5.74) is 0.837. The molecule has 0 aliphatic heterocycles. The first-order valence-corrected chi connectivity index (χ1v) is 3.75. The molecule has 0 unspecified atom stereocenters. The summed E-state index contributed by atoms with van der Waals surface area (Å²) in [6.07, 6.45) is 5.01. The van der Waals surface area contributed by atoms with E-state index < -0.39 is 0 Å². The van der Waals surface area contributed by atoms with Crippen molar-refractivity contribution in [1.29, 1.82) is 0 Å². The van der Waals surface area contributed by atoms with Gasteiger partial charge in [-0.3, -0.25) is 4.79 Å². The van der Waals surface area contributed by atoms with Crippen molar-refractivity contribution in [3.63, 3.8) is 0 Å². The van der Waals surface area contributed by atoms with Gasteiger partial charge in [-0.05, 0) is 12.5 Å². The molecule has 0 aromatic carbocycles. The molecule has 0 radical (unpaired) electrons. The van der Waals surface area contributed by atoms with Crippen molar-refractivity contribution in [2.45, 2.75) is 19.8 Å². The summed E-state index contributed by atoms with van der Waals surface area (Å²) in [6, 6.07) is 1.83. The average Bonchev–Trinajstić information content (AvgIpc) is 2.40. The van der Waals surface area contributed by atoms with Crippen LogP contribution in [0.2, 0.25) is 0 Å². The monoisotopic (exact) mass is 152 g/mol. The predicted octanol–water partition coefficient (Wildman–Crippen LogP) is 1.75. The molecule has 0 saturated heterocycles. The van der Waals surface area contributed by atoms with Crippen LogP contribution in [0, 0.1) is 0 Å².